The van der Waals surface area contributed by atoms with Gasteiger partial charge in [-0.05, 0) is 31.1 Å². The normalized spacial score (nSPS) is 18.3. The first-order chi connectivity index (χ1) is 6.60. The van der Waals surface area contributed by atoms with Crippen molar-refractivity contribution in [2.45, 2.75) is 33.6 Å². The van der Waals surface area contributed by atoms with Crippen LogP contribution in [0.4, 0.5) is 0 Å². The van der Waals surface area contributed by atoms with E-state index in [4.69, 9.17) is 4.74 Å². The fourth-order valence-electron chi connectivity index (χ4n) is 1.64. The average molecular weight is 199 g/mol. The molecule has 1 amide bonds. The molecule has 3 heteroatoms. The molecule has 1 saturated carbocycles. The van der Waals surface area contributed by atoms with Crippen molar-refractivity contribution in [3.05, 3.63) is 0 Å². The Bertz CT molecular complexity index is 197. The summed E-state index contributed by atoms with van der Waals surface area (Å²) in [6.45, 7) is 7.96. The fraction of sp³-hybridized carbons (Fsp3) is 0.909. The number of rotatable bonds is 6. The minimum Gasteiger partial charge on any atom is -0.372 e. The number of nitrogens with one attached hydrogen (secondary N) is 1. The van der Waals surface area contributed by atoms with Gasteiger partial charge in [0.25, 0.3) is 0 Å². The Hall–Kier alpha value is -0.570. The van der Waals surface area contributed by atoms with Crippen LogP contribution >= 0.6 is 0 Å². The fourth-order valence-corrected chi connectivity index (χ4v) is 1.64. The summed E-state index contributed by atoms with van der Waals surface area (Å²) in [5.41, 5.74) is 0.391. The van der Waals surface area contributed by atoms with Crippen LogP contribution in [0.2, 0.25) is 0 Å². The Labute approximate surface area is 86.2 Å². The van der Waals surface area contributed by atoms with E-state index in [1.54, 1.807) is 0 Å². The van der Waals surface area contributed by atoms with Gasteiger partial charge in [0.2, 0.25) is 5.91 Å². The van der Waals surface area contributed by atoms with Gasteiger partial charge in [-0.1, -0.05) is 13.8 Å². The van der Waals surface area contributed by atoms with Gasteiger partial charge in [-0.3, -0.25) is 4.79 Å². The Morgan fingerprint density at radius 1 is 1.50 bits per heavy atom. The third-order valence-corrected chi connectivity index (χ3v) is 3.19. The zero-order chi connectivity index (χ0) is 10.6. The van der Waals surface area contributed by atoms with Gasteiger partial charge in [0, 0.05) is 13.2 Å². The number of hydrogen-bond donors (Lipinski definition) is 1. The molecule has 0 atom stereocenters. The molecule has 1 aliphatic carbocycles. The molecule has 1 N–H and O–H groups in total. The van der Waals surface area contributed by atoms with Crippen molar-refractivity contribution in [3.8, 4) is 0 Å². The highest BCUT2D eigenvalue weighted by atomic mass is 16.5. The van der Waals surface area contributed by atoms with Crippen LogP contribution in [0.25, 0.3) is 0 Å². The van der Waals surface area contributed by atoms with Crippen LogP contribution in [0, 0.1) is 11.3 Å². The molecule has 0 saturated heterocycles. The Kier molecular flexibility index (Phi) is 3.93. The first-order valence-corrected chi connectivity index (χ1v) is 5.45. The minimum atomic E-state index is 0.0128. The molecule has 0 radical (unpaired) electrons. The van der Waals surface area contributed by atoms with Crippen LogP contribution in [0.5, 0.6) is 0 Å². The van der Waals surface area contributed by atoms with Gasteiger partial charge in [0.05, 0.1) is 0 Å². The summed E-state index contributed by atoms with van der Waals surface area (Å²) < 4.78 is 5.03. The van der Waals surface area contributed by atoms with E-state index in [2.05, 4.69) is 19.2 Å². The van der Waals surface area contributed by atoms with E-state index in [0.717, 1.165) is 6.54 Å². The molecule has 1 rings (SSSR count). The summed E-state index contributed by atoms with van der Waals surface area (Å²) in [7, 11) is 0. The molecule has 3 nitrogen and oxygen atoms in total. The average Bonchev–Trinajstić information content (AvgIpc) is 2.92. The van der Waals surface area contributed by atoms with E-state index in [1.807, 2.05) is 6.92 Å². The summed E-state index contributed by atoms with van der Waals surface area (Å²) in [4.78, 5) is 11.3. The molecule has 1 fully saturated rings. The number of amides is 1. The molecule has 0 heterocycles. The van der Waals surface area contributed by atoms with E-state index >= 15 is 0 Å². The van der Waals surface area contributed by atoms with Crippen molar-refractivity contribution >= 4 is 5.91 Å². The number of hydrogen-bond acceptors (Lipinski definition) is 2. The van der Waals surface area contributed by atoms with Gasteiger partial charge in [-0.15, -0.1) is 0 Å². The van der Waals surface area contributed by atoms with Crippen LogP contribution in [-0.2, 0) is 9.53 Å². The second-order valence-electron chi connectivity index (χ2n) is 4.43. The standard InChI is InChI=1S/C11H21NO2/c1-4-14-7-10(13)12-8-11(5-6-11)9(2)3/h9H,4-8H2,1-3H3,(H,12,13). The quantitative estimate of drug-likeness (QED) is 0.705. The summed E-state index contributed by atoms with van der Waals surface area (Å²) in [5, 5.41) is 2.94. The zero-order valence-corrected chi connectivity index (χ0v) is 9.43. The number of carbonyl (C=O) groups is 1. The third-order valence-electron chi connectivity index (χ3n) is 3.19. The van der Waals surface area contributed by atoms with Crippen molar-refractivity contribution in [1.82, 2.24) is 5.32 Å². The zero-order valence-electron chi connectivity index (χ0n) is 9.43. The summed E-state index contributed by atoms with van der Waals surface area (Å²) in [6.07, 6.45) is 2.50. The van der Waals surface area contributed by atoms with Crippen molar-refractivity contribution in [1.29, 1.82) is 0 Å². The lowest BCUT2D eigenvalue weighted by Crippen LogP contribution is -2.34. The lowest BCUT2D eigenvalue weighted by molar-refractivity contribution is -0.125. The molecule has 0 aromatic carbocycles. The minimum absolute atomic E-state index is 0.0128. The third kappa shape index (κ3) is 2.98. The van der Waals surface area contributed by atoms with Crippen LogP contribution in [0.3, 0.4) is 0 Å². The predicted molar refractivity (Wildman–Crippen MR) is 56.0 cm³/mol. The topological polar surface area (TPSA) is 38.3 Å². The highest BCUT2D eigenvalue weighted by molar-refractivity contribution is 5.77. The molecule has 0 bridgehead atoms. The summed E-state index contributed by atoms with van der Waals surface area (Å²) in [6, 6.07) is 0. The summed E-state index contributed by atoms with van der Waals surface area (Å²) in [5.74, 6) is 0.675. The van der Waals surface area contributed by atoms with E-state index < -0.39 is 0 Å². The molecular weight excluding hydrogens is 178 g/mol. The van der Waals surface area contributed by atoms with Crippen LogP contribution < -0.4 is 5.32 Å². The maximum absolute atomic E-state index is 11.3. The van der Waals surface area contributed by atoms with Gasteiger partial charge < -0.3 is 10.1 Å². The van der Waals surface area contributed by atoms with Crippen molar-refractivity contribution in [3.63, 3.8) is 0 Å². The first-order valence-electron chi connectivity index (χ1n) is 5.45. The highest BCUT2D eigenvalue weighted by Crippen LogP contribution is 2.51. The van der Waals surface area contributed by atoms with Crippen molar-refractivity contribution in [2.75, 3.05) is 19.8 Å². The molecule has 0 unspecified atom stereocenters. The van der Waals surface area contributed by atoms with Gasteiger partial charge in [-0.2, -0.15) is 0 Å². The van der Waals surface area contributed by atoms with Crippen LogP contribution in [0.15, 0.2) is 0 Å². The molecular formula is C11H21NO2. The van der Waals surface area contributed by atoms with Gasteiger partial charge in [0.15, 0.2) is 0 Å². The first kappa shape index (κ1) is 11.5. The van der Waals surface area contributed by atoms with Crippen LogP contribution in [0.1, 0.15) is 33.6 Å². The Morgan fingerprint density at radius 2 is 2.14 bits per heavy atom. The lowest BCUT2D eigenvalue weighted by atomic mass is 9.92. The molecule has 0 aliphatic heterocycles. The summed E-state index contributed by atoms with van der Waals surface area (Å²) >= 11 is 0. The Morgan fingerprint density at radius 3 is 2.57 bits per heavy atom. The Balaban J connectivity index is 2.17. The van der Waals surface area contributed by atoms with E-state index in [9.17, 15) is 4.79 Å². The highest BCUT2D eigenvalue weighted by Gasteiger charge is 2.45. The second-order valence-corrected chi connectivity index (χ2v) is 4.43. The SMILES string of the molecule is CCOCC(=O)NCC1(C(C)C)CC1. The smallest absolute Gasteiger partial charge is 0.246 e. The number of ether oxygens (including phenoxy) is 1. The van der Waals surface area contributed by atoms with E-state index in [1.165, 1.54) is 12.8 Å². The second kappa shape index (κ2) is 4.78. The van der Waals surface area contributed by atoms with Crippen molar-refractivity contribution < 1.29 is 9.53 Å². The van der Waals surface area contributed by atoms with E-state index in [-0.39, 0.29) is 12.5 Å². The molecule has 0 aromatic rings. The molecule has 82 valence electrons. The molecule has 1 aliphatic rings. The molecule has 0 spiro atoms. The lowest BCUT2D eigenvalue weighted by Gasteiger charge is -2.19. The largest absolute Gasteiger partial charge is 0.372 e. The van der Waals surface area contributed by atoms with Gasteiger partial charge >= 0.3 is 0 Å². The maximum atomic E-state index is 11.3. The maximum Gasteiger partial charge on any atom is 0.246 e. The molecule has 0 aromatic heterocycles. The van der Waals surface area contributed by atoms with E-state index in [0.29, 0.717) is 17.9 Å². The van der Waals surface area contributed by atoms with Gasteiger partial charge in [-0.25, -0.2) is 0 Å². The number of carbonyl (C=O) groups excluding carboxylic acids is 1. The molecule has 14 heavy (non-hydrogen) atoms. The predicted octanol–water partition coefficient (Wildman–Crippen LogP) is 1.58. The van der Waals surface area contributed by atoms with Gasteiger partial charge in [0.1, 0.15) is 6.61 Å². The van der Waals surface area contributed by atoms with Crippen molar-refractivity contribution in [2.24, 2.45) is 11.3 Å². The monoisotopic (exact) mass is 199 g/mol. The van der Waals surface area contributed by atoms with Crippen LogP contribution in [-0.4, -0.2) is 25.7 Å².